The molecule has 1 aliphatic rings. The van der Waals surface area contributed by atoms with E-state index in [1.807, 2.05) is 43.9 Å². The van der Waals surface area contributed by atoms with E-state index in [1.54, 1.807) is 4.68 Å². The van der Waals surface area contributed by atoms with Gasteiger partial charge in [-0.05, 0) is 64.2 Å². The van der Waals surface area contributed by atoms with Gasteiger partial charge in [0.2, 0.25) is 5.91 Å². The number of hydrogen-bond acceptors (Lipinski definition) is 4. The van der Waals surface area contributed by atoms with Crippen LogP contribution in [0.5, 0.6) is 0 Å². The van der Waals surface area contributed by atoms with Crippen LogP contribution >= 0.6 is 0 Å². The summed E-state index contributed by atoms with van der Waals surface area (Å²) in [6.07, 6.45) is 2.10. The fourth-order valence-electron chi connectivity index (χ4n) is 4.25. The Labute approximate surface area is 172 Å². The van der Waals surface area contributed by atoms with E-state index < -0.39 is 5.41 Å². The normalized spacial score (nSPS) is 19.2. The van der Waals surface area contributed by atoms with Gasteiger partial charge in [-0.3, -0.25) is 14.3 Å². The molecule has 2 aromatic rings. The second-order valence-corrected chi connectivity index (χ2v) is 8.11. The van der Waals surface area contributed by atoms with Crippen molar-refractivity contribution in [3.05, 3.63) is 52.8 Å². The minimum atomic E-state index is -0.703. The van der Waals surface area contributed by atoms with Crippen LogP contribution in [0.4, 0.5) is 0 Å². The summed E-state index contributed by atoms with van der Waals surface area (Å²) in [4.78, 5) is 27.9. The molecular weight excluding hydrogens is 366 g/mol. The summed E-state index contributed by atoms with van der Waals surface area (Å²) in [5, 5.41) is 4.40. The Morgan fingerprint density at radius 3 is 2.62 bits per heavy atom. The Hall–Kier alpha value is -2.63. The van der Waals surface area contributed by atoms with Crippen molar-refractivity contribution in [3.8, 4) is 0 Å². The van der Waals surface area contributed by atoms with Crippen LogP contribution in [-0.2, 0) is 27.3 Å². The molecule has 1 fully saturated rings. The van der Waals surface area contributed by atoms with Gasteiger partial charge in [0.05, 0.1) is 17.7 Å². The van der Waals surface area contributed by atoms with Crippen LogP contribution in [0.15, 0.2) is 30.3 Å². The SMILES string of the molecule is CCOC(=O)C1(Cc2ccccc2C)CCCN(C(=O)Cn2nc(C)cc2C)C1. The molecule has 0 aliphatic carbocycles. The molecule has 29 heavy (non-hydrogen) atoms. The Morgan fingerprint density at radius 2 is 1.97 bits per heavy atom. The van der Waals surface area contributed by atoms with Crippen molar-refractivity contribution >= 4 is 11.9 Å². The molecule has 2 heterocycles. The van der Waals surface area contributed by atoms with Crippen molar-refractivity contribution in [2.75, 3.05) is 19.7 Å². The van der Waals surface area contributed by atoms with E-state index in [1.165, 1.54) is 0 Å². The number of carbonyl (C=O) groups is 2. The first-order valence-electron chi connectivity index (χ1n) is 10.4. The molecule has 0 spiro atoms. The van der Waals surface area contributed by atoms with E-state index in [9.17, 15) is 9.59 Å². The number of amides is 1. The van der Waals surface area contributed by atoms with Gasteiger partial charge in [0, 0.05) is 18.8 Å². The van der Waals surface area contributed by atoms with E-state index in [0.29, 0.717) is 26.1 Å². The summed E-state index contributed by atoms with van der Waals surface area (Å²) >= 11 is 0. The van der Waals surface area contributed by atoms with Crippen LogP contribution in [0.2, 0.25) is 0 Å². The number of aromatic nitrogens is 2. The average molecular weight is 398 g/mol. The highest BCUT2D eigenvalue weighted by molar-refractivity contribution is 5.81. The molecule has 1 atom stereocenters. The van der Waals surface area contributed by atoms with Crippen molar-refractivity contribution in [3.63, 3.8) is 0 Å². The largest absolute Gasteiger partial charge is 0.466 e. The van der Waals surface area contributed by atoms with Gasteiger partial charge in [-0.15, -0.1) is 0 Å². The van der Waals surface area contributed by atoms with Crippen molar-refractivity contribution in [2.24, 2.45) is 5.41 Å². The van der Waals surface area contributed by atoms with Crippen molar-refractivity contribution in [1.29, 1.82) is 0 Å². The Balaban J connectivity index is 1.83. The zero-order valence-electron chi connectivity index (χ0n) is 17.9. The van der Waals surface area contributed by atoms with Gasteiger partial charge in [0.15, 0.2) is 0 Å². The summed E-state index contributed by atoms with van der Waals surface area (Å²) in [5.41, 5.74) is 3.44. The Kier molecular flexibility index (Phi) is 6.40. The summed E-state index contributed by atoms with van der Waals surface area (Å²) in [5.74, 6) is -0.207. The molecule has 0 N–H and O–H groups in total. The highest BCUT2D eigenvalue weighted by Crippen LogP contribution is 2.36. The summed E-state index contributed by atoms with van der Waals surface area (Å²) < 4.78 is 7.21. The fourth-order valence-corrected chi connectivity index (χ4v) is 4.25. The highest BCUT2D eigenvalue weighted by atomic mass is 16.5. The number of esters is 1. The van der Waals surface area contributed by atoms with Crippen molar-refractivity contribution < 1.29 is 14.3 Å². The summed E-state index contributed by atoms with van der Waals surface area (Å²) in [6, 6.07) is 10.1. The topological polar surface area (TPSA) is 64.4 Å². The molecule has 156 valence electrons. The van der Waals surface area contributed by atoms with Gasteiger partial charge in [-0.2, -0.15) is 5.10 Å². The lowest BCUT2D eigenvalue weighted by Crippen LogP contribution is -2.52. The quantitative estimate of drug-likeness (QED) is 0.702. The molecular formula is C23H31N3O3. The zero-order chi connectivity index (χ0) is 21.0. The molecule has 3 rings (SSSR count). The van der Waals surface area contributed by atoms with Gasteiger partial charge in [0.25, 0.3) is 0 Å². The van der Waals surface area contributed by atoms with Crippen LogP contribution < -0.4 is 0 Å². The second-order valence-electron chi connectivity index (χ2n) is 8.11. The molecule has 1 aromatic heterocycles. The maximum atomic E-state index is 13.0. The number of benzene rings is 1. The molecule has 0 bridgehead atoms. The van der Waals surface area contributed by atoms with Crippen LogP contribution in [0, 0.1) is 26.2 Å². The van der Waals surface area contributed by atoms with E-state index in [-0.39, 0.29) is 18.4 Å². The average Bonchev–Trinajstić information content (AvgIpc) is 3.01. The minimum absolute atomic E-state index is 0.00522. The standard InChI is InChI=1S/C23H31N3O3/c1-5-29-22(28)23(14-20-10-7-6-9-17(20)2)11-8-12-25(16-23)21(27)15-26-19(4)13-18(3)24-26/h6-7,9-10,13H,5,8,11-12,14-16H2,1-4H3. The summed E-state index contributed by atoms with van der Waals surface area (Å²) in [6.45, 7) is 9.34. The van der Waals surface area contributed by atoms with Crippen LogP contribution in [-0.4, -0.2) is 46.3 Å². The molecule has 6 heteroatoms. The second kappa shape index (κ2) is 8.80. The predicted molar refractivity (Wildman–Crippen MR) is 111 cm³/mol. The third-order valence-corrected chi connectivity index (χ3v) is 5.82. The molecule has 0 saturated carbocycles. The lowest BCUT2D eigenvalue weighted by atomic mass is 9.74. The third-order valence-electron chi connectivity index (χ3n) is 5.82. The van der Waals surface area contributed by atoms with Crippen LogP contribution in [0.25, 0.3) is 0 Å². The Morgan fingerprint density at radius 1 is 1.21 bits per heavy atom. The van der Waals surface area contributed by atoms with Gasteiger partial charge in [-0.1, -0.05) is 24.3 Å². The summed E-state index contributed by atoms with van der Waals surface area (Å²) in [7, 11) is 0. The first kappa shape index (κ1) is 21.1. The van der Waals surface area contributed by atoms with Crippen LogP contribution in [0.3, 0.4) is 0 Å². The van der Waals surface area contributed by atoms with E-state index in [4.69, 9.17) is 4.74 Å². The number of nitrogens with zero attached hydrogens (tertiary/aromatic N) is 3. The van der Waals surface area contributed by atoms with E-state index >= 15 is 0 Å². The molecule has 1 amide bonds. The number of carbonyl (C=O) groups excluding carboxylic acids is 2. The maximum Gasteiger partial charge on any atom is 0.314 e. The van der Waals surface area contributed by atoms with Gasteiger partial charge >= 0.3 is 5.97 Å². The van der Waals surface area contributed by atoms with E-state index in [0.717, 1.165) is 35.4 Å². The van der Waals surface area contributed by atoms with Crippen molar-refractivity contribution in [1.82, 2.24) is 14.7 Å². The number of likely N-dealkylation sites (tertiary alicyclic amines) is 1. The fraction of sp³-hybridized carbons (Fsp3) is 0.522. The van der Waals surface area contributed by atoms with E-state index in [2.05, 4.69) is 24.2 Å². The first-order valence-corrected chi connectivity index (χ1v) is 10.4. The zero-order valence-corrected chi connectivity index (χ0v) is 17.9. The van der Waals surface area contributed by atoms with Gasteiger partial charge < -0.3 is 9.64 Å². The predicted octanol–water partition coefficient (Wildman–Crippen LogP) is 3.22. The molecule has 1 saturated heterocycles. The maximum absolute atomic E-state index is 13.0. The van der Waals surface area contributed by atoms with Crippen molar-refractivity contribution in [2.45, 2.75) is 53.5 Å². The monoisotopic (exact) mass is 397 g/mol. The number of aryl methyl sites for hydroxylation is 3. The molecule has 1 aliphatic heterocycles. The Bertz CT molecular complexity index is 889. The van der Waals surface area contributed by atoms with Gasteiger partial charge in [-0.25, -0.2) is 0 Å². The van der Waals surface area contributed by atoms with Gasteiger partial charge in [0.1, 0.15) is 6.54 Å². The first-order chi connectivity index (χ1) is 13.8. The van der Waals surface area contributed by atoms with Crippen LogP contribution in [0.1, 0.15) is 42.3 Å². The smallest absolute Gasteiger partial charge is 0.314 e. The number of ether oxygens (including phenoxy) is 1. The molecule has 1 aromatic carbocycles. The lowest BCUT2D eigenvalue weighted by molar-refractivity contribution is -0.161. The number of hydrogen-bond donors (Lipinski definition) is 0. The molecule has 6 nitrogen and oxygen atoms in total. The number of piperidine rings is 1. The number of rotatable bonds is 6. The minimum Gasteiger partial charge on any atom is -0.466 e. The molecule has 1 unspecified atom stereocenters. The molecule has 0 radical (unpaired) electrons. The third kappa shape index (κ3) is 4.69. The lowest BCUT2D eigenvalue weighted by Gasteiger charge is -2.41. The highest BCUT2D eigenvalue weighted by Gasteiger charge is 2.45.